The van der Waals surface area contributed by atoms with Crippen molar-refractivity contribution in [2.75, 3.05) is 13.1 Å². The molecule has 1 fully saturated rings. The van der Waals surface area contributed by atoms with Crippen molar-refractivity contribution in [3.63, 3.8) is 0 Å². The minimum Gasteiger partial charge on any atom is -0.313 e. The molecule has 0 amide bonds. The van der Waals surface area contributed by atoms with Crippen LogP contribution in [0.15, 0.2) is 5.38 Å². The molecule has 1 aromatic heterocycles. The van der Waals surface area contributed by atoms with E-state index in [1.54, 1.807) is 11.3 Å². The number of nitrogens with one attached hydrogen (secondary N) is 2. The summed E-state index contributed by atoms with van der Waals surface area (Å²) >= 11 is 1.75. The summed E-state index contributed by atoms with van der Waals surface area (Å²) in [5.74, 6) is 0. The molecule has 2 rings (SSSR count). The molecule has 0 spiro atoms. The lowest BCUT2D eigenvalue weighted by atomic mass is 10.1. The van der Waals surface area contributed by atoms with E-state index in [-0.39, 0.29) is 0 Å². The molecule has 1 aliphatic rings. The van der Waals surface area contributed by atoms with Crippen LogP contribution in [0.5, 0.6) is 0 Å². The average Bonchev–Trinajstić information content (AvgIpc) is 2.74. The molecule has 2 atom stereocenters. The molecule has 0 saturated carbocycles. The molecule has 1 saturated heterocycles. The molecule has 16 heavy (non-hydrogen) atoms. The van der Waals surface area contributed by atoms with E-state index in [2.05, 4.69) is 34.8 Å². The summed E-state index contributed by atoms with van der Waals surface area (Å²) in [7, 11) is 0. The van der Waals surface area contributed by atoms with E-state index in [1.165, 1.54) is 30.8 Å². The lowest BCUT2D eigenvalue weighted by molar-refractivity contribution is 0.371. The fraction of sp³-hybridized carbons (Fsp3) is 0.750. The SMILES string of the molecule is Cc1csc(C(C)NCC2CCCCN2)n1. The molecule has 0 bridgehead atoms. The Morgan fingerprint density at radius 2 is 2.50 bits per heavy atom. The van der Waals surface area contributed by atoms with Gasteiger partial charge in [-0.15, -0.1) is 11.3 Å². The van der Waals surface area contributed by atoms with Crippen LogP contribution in [0.25, 0.3) is 0 Å². The molecule has 1 aromatic rings. The van der Waals surface area contributed by atoms with Gasteiger partial charge in [0.05, 0.1) is 6.04 Å². The molecule has 3 nitrogen and oxygen atoms in total. The number of hydrogen-bond donors (Lipinski definition) is 2. The first-order chi connectivity index (χ1) is 7.75. The Morgan fingerprint density at radius 3 is 3.12 bits per heavy atom. The average molecular weight is 239 g/mol. The topological polar surface area (TPSA) is 37.0 Å². The molecule has 0 aliphatic carbocycles. The van der Waals surface area contributed by atoms with Crippen LogP contribution in [0.3, 0.4) is 0 Å². The van der Waals surface area contributed by atoms with Crippen LogP contribution >= 0.6 is 11.3 Å². The zero-order valence-corrected chi connectivity index (χ0v) is 10.9. The fourth-order valence-corrected chi connectivity index (χ4v) is 2.90. The van der Waals surface area contributed by atoms with Crippen LogP contribution < -0.4 is 10.6 Å². The molecule has 0 aromatic carbocycles. The number of piperidine rings is 1. The quantitative estimate of drug-likeness (QED) is 0.846. The van der Waals surface area contributed by atoms with E-state index in [0.717, 1.165) is 12.2 Å². The summed E-state index contributed by atoms with van der Waals surface area (Å²) in [5, 5.41) is 10.4. The van der Waals surface area contributed by atoms with Gasteiger partial charge in [-0.1, -0.05) is 6.42 Å². The Hall–Kier alpha value is -0.450. The van der Waals surface area contributed by atoms with Crippen LogP contribution in [0, 0.1) is 6.92 Å². The third kappa shape index (κ3) is 3.27. The van der Waals surface area contributed by atoms with Gasteiger partial charge >= 0.3 is 0 Å². The number of aryl methyl sites for hydroxylation is 1. The molecule has 4 heteroatoms. The summed E-state index contributed by atoms with van der Waals surface area (Å²) < 4.78 is 0. The van der Waals surface area contributed by atoms with Crippen LogP contribution in [0.1, 0.15) is 42.9 Å². The van der Waals surface area contributed by atoms with Crippen molar-refractivity contribution in [1.82, 2.24) is 15.6 Å². The maximum atomic E-state index is 4.51. The van der Waals surface area contributed by atoms with Gasteiger partial charge in [0, 0.05) is 23.7 Å². The van der Waals surface area contributed by atoms with E-state index in [0.29, 0.717) is 12.1 Å². The van der Waals surface area contributed by atoms with Crippen molar-refractivity contribution in [3.05, 3.63) is 16.1 Å². The predicted octanol–water partition coefficient (Wildman–Crippen LogP) is 2.24. The Kier molecular flexibility index (Phi) is 4.32. The van der Waals surface area contributed by atoms with E-state index < -0.39 is 0 Å². The van der Waals surface area contributed by atoms with Gasteiger partial charge in [-0.3, -0.25) is 0 Å². The van der Waals surface area contributed by atoms with Crippen molar-refractivity contribution < 1.29 is 0 Å². The highest BCUT2D eigenvalue weighted by molar-refractivity contribution is 7.09. The number of thiazole rings is 1. The Bertz CT molecular complexity index is 318. The van der Waals surface area contributed by atoms with E-state index in [9.17, 15) is 0 Å². The lowest BCUT2D eigenvalue weighted by Gasteiger charge is -2.25. The van der Waals surface area contributed by atoms with E-state index in [1.807, 2.05) is 0 Å². The second-order valence-corrected chi connectivity index (χ2v) is 5.49. The van der Waals surface area contributed by atoms with E-state index in [4.69, 9.17) is 0 Å². The van der Waals surface area contributed by atoms with Gasteiger partial charge in [0.15, 0.2) is 0 Å². The minimum absolute atomic E-state index is 0.377. The van der Waals surface area contributed by atoms with E-state index >= 15 is 0 Å². The van der Waals surface area contributed by atoms with Gasteiger partial charge < -0.3 is 10.6 Å². The van der Waals surface area contributed by atoms with Crippen LogP contribution in [0.4, 0.5) is 0 Å². The molecule has 0 radical (unpaired) electrons. The first kappa shape index (κ1) is 12.0. The summed E-state index contributed by atoms with van der Waals surface area (Å²) in [4.78, 5) is 4.51. The standard InChI is InChI=1S/C12H21N3S/c1-9-8-16-12(15-9)10(2)14-7-11-5-3-4-6-13-11/h8,10-11,13-14H,3-7H2,1-2H3. The van der Waals surface area contributed by atoms with Gasteiger partial charge in [-0.05, 0) is 33.2 Å². The molecular formula is C12H21N3S. The Morgan fingerprint density at radius 1 is 1.62 bits per heavy atom. The zero-order chi connectivity index (χ0) is 11.4. The highest BCUT2D eigenvalue weighted by Gasteiger charge is 2.14. The molecule has 1 aliphatic heterocycles. The normalized spacial score (nSPS) is 23.2. The minimum atomic E-state index is 0.377. The lowest BCUT2D eigenvalue weighted by Crippen LogP contribution is -2.42. The predicted molar refractivity (Wildman–Crippen MR) is 68.9 cm³/mol. The third-order valence-corrected chi connectivity index (χ3v) is 4.24. The fourth-order valence-electron chi connectivity index (χ4n) is 2.08. The van der Waals surface area contributed by atoms with Crippen molar-refractivity contribution in [3.8, 4) is 0 Å². The van der Waals surface area contributed by atoms with Gasteiger partial charge in [-0.25, -0.2) is 4.98 Å². The first-order valence-electron chi connectivity index (χ1n) is 6.14. The van der Waals surface area contributed by atoms with Crippen LogP contribution in [-0.2, 0) is 0 Å². The molecule has 2 heterocycles. The van der Waals surface area contributed by atoms with Gasteiger partial charge in [0.1, 0.15) is 5.01 Å². The summed E-state index contributed by atoms with van der Waals surface area (Å²) in [5.41, 5.74) is 1.13. The number of hydrogen-bond acceptors (Lipinski definition) is 4. The maximum Gasteiger partial charge on any atom is 0.110 e. The third-order valence-electron chi connectivity index (χ3n) is 3.09. The van der Waals surface area contributed by atoms with Gasteiger partial charge in [0.2, 0.25) is 0 Å². The smallest absolute Gasteiger partial charge is 0.110 e. The number of rotatable bonds is 4. The maximum absolute atomic E-state index is 4.51. The molecule has 90 valence electrons. The van der Waals surface area contributed by atoms with Crippen LogP contribution in [0.2, 0.25) is 0 Å². The highest BCUT2D eigenvalue weighted by atomic mass is 32.1. The summed E-state index contributed by atoms with van der Waals surface area (Å²) in [6.07, 6.45) is 4.00. The van der Waals surface area contributed by atoms with Gasteiger partial charge in [-0.2, -0.15) is 0 Å². The summed E-state index contributed by atoms with van der Waals surface area (Å²) in [6, 6.07) is 1.03. The second-order valence-electron chi connectivity index (χ2n) is 4.60. The largest absolute Gasteiger partial charge is 0.313 e. The van der Waals surface area contributed by atoms with Crippen LogP contribution in [-0.4, -0.2) is 24.1 Å². The summed E-state index contributed by atoms with van der Waals surface area (Å²) in [6.45, 7) is 6.48. The van der Waals surface area contributed by atoms with Crippen molar-refractivity contribution in [2.45, 2.75) is 45.2 Å². The highest BCUT2D eigenvalue weighted by Crippen LogP contribution is 2.17. The first-order valence-corrected chi connectivity index (χ1v) is 7.02. The van der Waals surface area contributed by atoms with Gasteiger partial charge in [0.25, 0.3) is 0 Å². The number of nitrogens with zero attached hydrogens (tertiary/aromatic N) is 1. The van der Waals surface area contributed by atoms with Crippen molar-refractivity contribution >= 4 is 11.3 Å². The van der Waals surface area contributed by atoms with Crippen molar-refractivity contribution in [2.24, 2.45) is 0 Å². The Balaban J connectivity index is 1.76. The Labute approximate surface area is 102 Å². The zero-order valence-electron chi connectivity index (χ0n) is 10.1. The monoisotopic (exact) mass is 239 g/mol. The second kappa shape index (κ2) is 5.75. The van der Waals surface area contributed by atoms with Crippen molar-refractivity contribution in [1.29, 1.82) is 0 Å². The molecule has 2 unspecified atom stereocenters. The number of aromatic nitrogens is 1. The molecule has 2 N–H and O–H groups in total. The molecular weight excluding hydrogens is 218 g/mol.